The maximum absolute atomic E-state index is 12.5. The normalized spacial score (nSPS) is 25.9. The van der Waals surface area contributed by atoms with E-state index in [0.717, 1.165) is 6.42 Å². The topological polar surface area (TPSA) is 78.9 Å². The summed E-state index contributed by atoms with van der Waals surface area (Å²) in [5.74, 6) is 4.91. The maximum Gasteiger partial charge on any atom is 0.323 e. The van der Waals surface area contributed by atoms with Crippen LogP contribution in [0.1, 0.15) is 47.0 Å². The van der Waals surface area contributed by atoms with Crippen molar-refractivity contribution in [3.05, 3.63) is 11.8 Å². The van der Waals surface area contributed by atoms with Crippen LogP contribution in [0.4, 0.5) is 0 Å². The van der Waals surface area contributed by atoms with Gasteiger partial charge in [-0.15, -0.1) is 0 Å². The fourth-order valence-electron chi connectivity index (χ4n) is 3.52. The van der Waals surface area contributed by atoms with E-state index in [-0.39, 0.29) is 31.3 Å². The summed E-state index contributed by atoms with van der Waals surface area (Å²) in [4.78, 5) is 36.0. The van der Waals surface area contributed by atoms with Gasteiger partial charge < -0.3 is 14.2 Å². The van der Waals surface area contributed by atoms with E-state index in [1.54, 1.807) is 26.8 Å². The predicted molar refractivity (Wildman–Crippen MR) is 88.8 cm³/mol. The van der Waals surface area contributed by atoms with Gasteiger partial charge in [0.05, 0.1) is 13.2 Å². The summed E-state index contributed by atoms with van der Waals surface area (Å²) in [6.45, 7) is 6.87. The summed E-state index contributed by atoms with van der Waals surface area (Å²) in [6.07, 6.45) is 3.10. The fraction of sp³-hybridized carbons (Fsp3) is 0.632. The molecule has 0 spiro atoms. The van der Waals surface area contributed by atoms with E-state index in [9.17, 15) is 14.4 Å². The summed E-state index contributed by atoms with van der Waals surface area (Å²) < 4.78 is 15.3. The van der Waals surface area contributed by atoms with Crippen molar-refractivity contribution in [2.24, 2.45) is 16.7 Å². The number of fused-ring (bicyclic) bond motifs is 1. The Hall–Kier alpha value is -2.29. The molecular weight excluding hydrogens is 324 g/mol. The van der Waals surface area contributed by atoms with E-state index in [4.69, 9.17) is 14.2 Å². The molecule has 2 atom stereocenters. The molecule has 0 saturated heterocycles. The van der Waals surface area contributed by atoms with Crippen LogP contribution in [0.5, 0.6) is 0 Å². The summed E-state index contributed by atoms with van der Waals surface area (Å²) >= 11 is 0. The number of ether oxygens (including phenoxy) is 3. The number of allylic oxidation sites excluding steroid dienone is 2. The van der Waals surface area contributed by atoms with Crippen molar-refractivity contribution < 1.29 is 28.6 Å². The lowest BCUT2D eigenvalue weighted by molar-refractivity contribution is -0.172. The smallest absolute Gasteiger partial charge is 0.323 e. The van der Waals surface area contributed by atoms with Crippen molar-refractivity contribution >= 4 is 17.9 Å². The highest BCUT2D eigenvalue weighted by atomic mass is 16.6. The van der Waals surface area contributed by atoms with E-state index in [1.807, 2.05) is 0 Å². The third kappa shape index (κ3) is 3.71. The van der Waals surface area contributed by atoms with Crippen molar-refractivity contribution in [2.75, 3.05) is 13.2 Å². The largest absolute Gasteiger partial charge is 0.465 e. The van der Waals surface area contributed by atoms with Gasteiger partial charge in [-0.2, -0.15) is 0 Å². The third-order valence-electron chi connectivity index (χ3n) is 4.73. The molecule has 2 rings (SSSR count). The lowest BCUT2D eigenvalue weighted by atomic mass is 9.80. The second-order valence-electron chi connectivity index (χ2n) is 6.46. The van der Waals surface area contributed by atoms with Crippen LogP contribution in [0.15, 0.2) is 11.8 Å². The Morgan fingerprint density at radius 1 is 1.12 bits per heavy atom. The summed E-state index contributed by atoms with van der Waals surface area (Å²) in [5, 5.41) is 0. The minimum atomic E-state index is -1.28. The Morgan fingerprint density at radius 2 is 1.72 bits per heavy atom. The molecule has 2 aliphatic rings. The molecule has 0 bridgehead atoms. The molecule has 0 aromatic carbocycles. The van der Waals surface area contributed by atoms with E-state index in [2.05, 4.69) is 11.8 Å². The monoisotopic (exact) mass is 348 g/mol. The zero-order valence-electron chi connectivity index (χ0n) is 15.1. The highest BCUT2D eigenvalue weighted by Crippen LogP contribution is 2.69. The Balaban J connectivity index is 2.23. The number of hydrogen-bond donors (Lipinski definition) is 0. The lowest BCUT2D eigenvalue weighted by Crippen LogP contribution is -2.41. The summed E-state index contributed by atoms with van der Waals surface area (Å²) in [5.41, 5.74) is -1.70. The molecule has 2 aliphatic carbocycles. The molecule has 0 aromatic rings. The van der Waals surface area contributed by atoms with Gasteiger partial charge in [0.25, 0.3) is 0 Å². The molecule has 2 fully saturated rings. The number of carbonyl (C=O) groups is 3. The molecule has 6 nitrogen and oxygen atoms in total. The second-order valence-corrected chi connectivity index (χ2v) is 6.46. The zero-order chi connectivity index (χ0) is 18.7. The van der Waals surface area contributed by atoms with Crippen LogP contribution in [0.2, 0.25) is 0 Å². The first-order chi connectivity index (χ1) is 11.8. The van der Waals surface area contributed by atoms with Crippen LogP contribution >= 0.6 is 0 Å². The van der Waals surface area contributed by atoms with Crippen molar-refractivity contribution in [2.45, 2.75) is 47.0 Å². The Bertz CT molecular complexity index is 647. The Kier molecular flexibility index (Phi) is 5.56. The van der Waals surface area contributed by atoms with Gasteiger partial charge in [0.2, 0.25) is 0 Å². The van der Waals surface area contributed by atoms with Crippen molar-refractivity contribution in [1.29, 1.82) is 0 Å². The van der Waals surface area contributed by atoms with Gasteiger partial charge in [0.15, 0.2) is 11.2 Å². The van der Waals surface area contributed by atoms with Gasteiger partial charge >= 0.3 is 17.9 Å². The highest BCUT2D eigenvalue weighted by Gasteiger charge is 2.71. The van der Waals surface area contributed by atoms with E-state index in [1.165, 1.54) is 6.92 Å². The van der Waals surface area contributed by atoms with Gasteiger partial charge in [-0.25, -0.2) is 0 Å². The van der Waals surface area contributed by atoms with Gasteiger partial charge in [-0.3, -0.25) is 14.4 Å². The Morgan fingerprint density at radius 3 is 2.20 bits per heavy atom. The van der Waals surface area contributed by atoms with Crippen molar-refractivity contribution in [1.82, 2.24) is 0 Å². The van der Waals surface area contributed by atoms with E-state index >= 15 is 0 Å². The zero-order valence-corrected chi connectivity index (χ0v) is 15.1. The first-order valence-corrected chi connectivity index (χ1v) is 8.56. The summed E-state index contributed by atoms with van der Waals surface area (Å²) in [7, 11) is 0. The van der Waals surface area contributed by atoms with E-state index in [0.29, 0.717) is 6.42 Å². The van der Waals surface area contributed by atoms with Crippen LogP contribution in [-0.4, -0.2) is 31.1 Å². The second kappa shape index (κ2) is 7.30. The Labute approximate surface area is 147 Å². The number of esters is 3. The molecular formula is C19H24O6. The van der Waals surface area contributed by atoms with Crippen LogP contribution in [0.25, 0.3) is 0 Å². The van der Waals surface area contributed by atoms with Gasteiger partial charge in [-0.05, 0) is 57.9 Å². The quantitative estimate of drug-likeness (QED) is 0.249. The number of carbonyl (C=O) groups excluding carboxylic acids is 3. The molecule has 2 saturated carbocycles. The molecule has 0 aliphatic heterocycles. The van der Waals surface area contributed by atoms with Crippen LogP contribution < -0.4 is 0 Å². The molecule has 0 aromatic heterocycles. The minimum Gasteiger partial charge on any atom is -0.465 e. The van der Waals surface area contributed by atoms with Gasteiger partial charge in [0, 0.05) is 12.3 Å². The average Bonchev–Trinajstić information content (AvgIpc) is 3.12. The first-order valence-electron chi connectivity index (χ1n) is 8.56. The maximum atomic E-state index is 12.5. The van der Waals surface area contributed by atoms with Gasteiger partial charge in [0.1, 0.15) is 0 Å². The molecule has 0 radical (unpaired) electrons. The summed E-state index contributed by atoms with van der Waals surface area (Å²) in [6, 6.07) is 0. The predicted octanol–water partition coefficient (Wildman–Crippen LogP) is 2.37. The lowest BCUT2D eigenvalue weighted by Gasteiger charge is -2.26. The molecule has 136 valence electrons. The standard InChI is InChI=1S/C19H24O6/c1-5-15(25-13(4)20)8-9-18-10-14(18)11-19(12-18,16(21)23-6-2)17(22)24-7-3/h5,14H,6-7,10-12H2,1-4H3/b15-5-. The molecule has 0 heterocycles. The van der Waals surface area contributed by atoms with Crippen molar-refractivity contribution in [3.63, 3.8) is 0 Å². The first kappa shape index (κ1) is 19.0. The third-order valence-corrected chi connectivity index (χ3v) is 4.73. The van der Waals surface area contributed by atoms with E-state index < -0.39 is 28.7 Å². The molecule has 2 unspecified atom stereocenters. The number of hydrogen-bond acceptors (Lipinski definition) is 6. The minimum absolute atomic E-state index is 0.143. The molecule has 6 heteroatoms. The molecule has 25 heavy (non-hydrogen) atoms. The van der Waals surface area contributed by atoms with Crippen LogP contribution in [-0.2, 0) is 28.6 Å². The number of rotatable bonds is 5. The molecule has 0 N–H and O–H groups in total. The van der Waals surface area contributed by atoms with Crippen molar-refractivity contribution in [3.8, 4) is 11.8 Å². The fourth-order valence-corrected chi connectivity index (χ4v) is 3.52. The SMILES string of the molecule is C/C=C(/C#CC12CC1CC(C(=O)OCC)(C(=O)OCC)C2)OC(C)=O. The molecule has 0 amide bonds. The van der Waals surface area contributed by atoms with Crippen LogP contribution in [0.3, 0.4) is 0 Å². The van der Waals surface area contributed by atoms with Gasteiger partial charge in [-0.1, -0.05) is 5.92 Å². The van der Waals surface area contributed by atoms with Crippen LogP contribution in [0, 0.1) is 28.6 Å². The average molecular weight is 348 g/mol. The highest BCUT2D eigenvalue weighted by molar-refractivity contribution is 6.01.